The number of carbonyl (C=O) groups excluding carboxylic acids is 1. The number of pyridine rings is 1. The second kappa shape index (κ2) is 7.31. The van der Waals surface area contributed by atoms with E-state index in [2.05, 4.69) is 15.6 Å². The van der Waals surface area contributed by atoms with Crippen LogP contribution in [0.1, 0.15) is 21.5 Å². The number of anilines is 3. The number of aryl methyl sites for hydroxylation is 2. The Labute approximate surface area is 149 Å². The van der Waals surface area contributed by atoms with Gasteiger partial charge in [0.15, 0.2) is 0 Å². The number of hydrogen-bond donors (Lipinski definition) is 2. The standard InChI is InChI=1S/C20H17F2N3O/c1-12-6-13(2)8-15(7-12)25-20(26)14-9-16(11-23-10-14)24-19-17(21)4-3-5-18(19)22/h3-11,24H,1-2H3,(H,25,26). The van der Waals surface area contributed by atoms with Crippen LogP contribution in [0.15, 0.2) is 54.9 Å². The fourth-order valence-corrected chi connectivity index (χ4v) is 2.64. The Balaban J connectivity index is 1.81. The molecule has 132 valence electrons. The molecular formula is C20H17F2N3O. The summed E-state index contributed by atoms with van der Waals surface area (Å²) >= 11 is 0. The predicted octanol–water partition coefficient (Wildman–Crippen LogP) is 4.97. The van der Waals surface area contributed by atoms with Crippen molar-refractivity contribution in [3.63, 3.8) is 0 Å². The molecule has 26 heavy (non-hydrogen) atoms. The normalized spacial score (nSPS) is 10.5. The number of aromatic nitrogens is 1. The fourth-order valence-electron chi connectivity index (χ4n) is 2.64. The first-order valence-corrected chi connectivity index (χ1v) is 7.98. The lowest BCUT2D eigenvalue weighted by Gasteiger charge is -2.11. The van der Waals surface area contributed by atoms with Gasteiger partial charge in [-0.3, -0.25) is 9.78 Å². The zero-order chi connectivity index (χ0) is 18.7. The van der Waals surface area contributed by atoms with E-state index < -0.39 is 11.6 Å². The van der Waals surface area contributed by atoms with Gasteiger partial charge < -0.3 is 10.6 Å². The zero-order valence-corrected chi connectivity index (χ0v) is 14.3. The molecule has 0 atom stereocenters. The van der Waals surface area contributed by atoms with Gasteiger partial charge in [0.1, 0.15) is 17.3 Å². The minimum Gasteiger partial charge on any atom is -0.349 e. The lowest BCUT2D eigenvalue weighted by atomic mass is 10.1. The molecule has 0 fully saturated rings. The van der Waals surface area contributed by atoms with Gasteiger partial charge in [-0.15, -0.1) is 0 Å². The van der Waals surface area contributed by atoms with Crippen molar-refractivity contribution in [2.75, 3.05) is 10.6 Å². The van der Waals surface area contributed by atoms with Gasteiger partial charge in [0, 0.05) is 11.9 Å². The highest BCUT2D eigenvalue weighted by Gasteiger charge is 2.11. The summed E-state index contributed by atoms with van der Waals surface area (Å²) in [6.07, 6.45) is 2.78. The van der Waals surface area contributed by atoms with Crippen LogP contribution in [-0.4, -0.2) is 10.9 Å². The first kappa shape index (κ1) is 17.5. The summed E-state index contributed by atoms with van der Waals surface area (Å²) in [6.45, 7) is 3.88. The number of amides is 1. The summed E-state index contributed by atoms with van der Waals surface area (Å²) in [4.78, 5) is 16.4. The second-order valence-electron chi connectivity index (χ2n) is 6.01. The molecule has 0 aliphatic carbocycles. The molecule has 0 saturated heterocycles. The Morgan fingerprint density at radius 2 is 1.58 bits per heavy atom. The average molecular weight is 353 g/mol. The summed E-state index contributed by atoms with van der Waals surface area (Å²) < 4.78 is 27.5. The van der Waals surface area contributed by atoms with Crippen LogP contribution in [-0.2, 0) is 0 Å². The number of rotatable bonds is 4. The SMILES string of the molecule is Cc1cc(C)cc(NC(=O)c2cncc(Nc3c(F)cccc3F)c2)c1. The van der Waals surface area contributed by atoms with E-state index in [1.165, 1.54) is 24.5 Å². The highest BCUT2D eigenvalue weighted by Crippen LogP contribution is 2.23. The van der Waals surface area contributed by atoms with Gasteiger partial charge in [-0.05, 0) is 55.3 Å². The quantitative estimate of drug-likeness (QED) is 0.696. The highest BCUT2D eigenvalue weighted by molar-refractivity contribution is 6.04. The van der Waals surface area contributed by atoms with Crippen molar-refractivity contribution in [1.82, 2.24) is 4.98 Å². The Hall–Kier alpha value is -3.28. The van der Waals surface area contributed by atoms with E-state index >= 15 is 0 Å². The molecule has 0 spiro atoms. The van der Waals surface area contributed by atoms with Gasteiger partial charge in [0.05, 0.1) is 17.4 Å². The molecule has 0 aliphatic heterocycles. The summed E-state index contributed by atoms with van der Waals surface area (Å²) in [5, 5.41) is 5.42. The van der Waals surface area contributed by atoms with E-state index in [0.29, 0.717) is 11.4 Å². The minimum absolute atomic E-state index is 0.269. The highest BCUT2D eigenvalue weighted by atomic mass is 19.1. The zero-order valence-electron chi connectivity index (χ0n) is 14.3. The van der Waals surface area contributed by atoms with Gasteiger partial charge in [0.25, 0.3) is 5.91 Å². The van der Waals surface area contributed by atoms with Crippen LogP contribution in [0.4, 0.5) is 25.8 Å². The summed E-state index contributed by atoms with van der Waals surface area (Å²) in [7, 11) is 0. The topological polar surface area (TPSA) is 54.0 Å². The Bertz CT molecular complexity index is 933. The van der Waals surface area contributed by atoms with Crippen LogP contribution in [0, 0.1) is 25.5 Å². The number of nitrogens with one attached hydrogen (secondary N) is 2. The second-order valence-corrected chi connectivity index (χ2v) is 6.01. The van der Waals surface area contributed by atoms with Gasteiger partial charge in [-0.25, -0.2) is 8.78 Å². The molecule has 3 aromatic rings. The first-order valence-electron chi connectivity index (χ1n) is 7.98. The molecule has 0 unspecified atom stereocenters. The maximum Gasteiger partial charge on any atom is 0.257 e. The van der Waals surface area contributed by atoms with Crippen LogP contribution in [0.3, 0.4) is 0 Å². The summed E-state index contributed by atoms with van der Waals surface area (Å²) in [5.41, 5.74) is 3.02. The monoisotopic (exact) mass is 353 g/mol. The molecule has 0 saturated carbocycles. The van der Waals surface area contributed by atoms with Crippen molar-refractivity contribution in [2.24, 2.45) is 0 Å². The summed E-state index contributed by atoms with van der Waals surface area (Å²) in [5.74, 6) is -1.81. The third kappa shape index (κ3) is 4.03. The van der Waals surface area contributed by atoms with Crippen LogP contribution in [0.5, 0.6) is 0 Å². The van der Waals surface area contributed by atoms with Gasteiger partial charge in [-0.1, -0.05) is 12.1 Å². The van der Waals surface area contributed by atoms with Gasteiger partial charge >= 0.3 is 0 Å². The smallest absolute Gasteiger partial charge is 0.257 e. The van der Waals surface area contributed by atoms with Gasteiger partial charge in [0.2, 0.25) is 0 Å². The Morgan fingerprint density at radius 1 is 0.923 bits per heavy atom. The Kier molecular flexibility index (Phi) is 4.93. The number of halogens is 2. The van der Waals surface area contributed by atoms with Crippen molar-refractivity contribution in [1.29, 1.82) is 0 Å². The first-order chi connectivity index (χ1) is 12.4. The predicted molar refractivity (Wildman–Crippen MR) is 97.7 cm³/mol. The third-order valence-electron chi connectivity index (χ3n) is 3.71. The molecule has 2 N–H and O–H groups in total. The molecule has 6 heteroatoms. The van der Waals surface area contributed by atoms with Crippen molar-refractivity contribution >= 4 is 23.0 Å². The minimum atomic E-state index is -0.727. The van der Waals surface area contributed by atoms with Crippen LogP contribution >= 0.6 is 0 Å². The van der Waals surface area contributed by atoms with E-state index in [9.17, 15) is 13.6 Å². The molecule has 0 bridgehead atoms. The van der Waals surface area contributed by atoms with E-state index in [0.717, 1.165) is 23.3 Å². The number of nitrogens with zero attached hydrogens (tertiary/aromatic N) is 1. The lowest BCUT2D eigenvalue weighted by Crippen LogP contribution is -2.13. The largest absolute Gasteiger partial charge is 0.349 e. The molecule has 0 aliphatic rings. The molecule has 4 nitrogen and oxygen atoms in total. The summed E-state index contributed by atoms with van der Waals surface area (Å²) in [6, 6.07) is 10.8. The number of benzene rings is 2. The van der Waals surface area contributed by atoms with Crippen molar-refractivity contribution in [3.8, 4) is 0 Å². The van der Waals surface area contributed by atoms with Gasteiger partial charge in [-0.2, -0.15) is 0 Å². The van der Waals surface area contributed by atoms with E-state index in [1.54, 1.807) is 0 Å². The van der Waals surface area contributed by atoms with Crippen molar-refractivity contribution in [3.05, 3.63) is 83.2 Å². The molecule has 3 rings (SSSR count). The van der Waals surface area contributed by atoms with Crippen LogP contribution in [0.25, 0.3) is 0 Å². The van der Waals surface area contributed by atoms with E-state index in [-0.39, 0.29) is 17.2 Å². The molecular weight excluding hydrogens is 336 g/mol. The van der Waals surface area contributed by atoms with Crippen molar-refractivity contribution in [2.45, 2.75) is 13.8 Å². The maximum absolute atomic E-state index is 13.8. The maximum atomic E-state index is 13.8. The number of hydrogen-bond acceptors (Lipinski definition) is 3. The lowest BCUT2D eigenvalue weighted by molar-refractivity contribution is 0.102. The number of para-hydroxylation sites is 1. The molecule has 0 radical (unpaired) electrons. The van der Waals surface area contributed by atoms with E-state index in [4.69, 9.17) is 0 Å². The number of carbonyl (C=O) groups is 1. The average Bonchev–Trinajstić information content (AvgIpc) is 2.57. The fraction of sp³-hybridized carbons (Fsp3) is 0.100. The van der Waals surface area contributed by atoms with E-state index in [1.807, 2.05) is 32.0 Å². The molecule has 2 aromatic carbocycles. The van der Waals surface area contributed by atoms with Crippen molar-refractivity contribution < 1.29 is 13.6 Å². The Morgan fingerprint density at radius 3 is 2.23 bits per heavy atom. The molecule has 1 heterocycles. The van der Waals surface area contributed by atoms with Crippen LogP contribution in [0.2, 0.25) is 0 Å². The van der Waals surface area contributed by atoms with Crippen LogP contribution < -0.4 is 10.6 Å². The molecule has 1 aromatic heterocycles. The third-order valence-corrected chi connectivity index (χ3v) is 3.71. The molecule has 1 amide bonds.